The number of nitrogens with zero attached hydrogens (tertiary/aromatic N) is 2. The van der Waals surface area contributed by atoms with E-state index in [1.165, 1.54) is 32.9 Å². The zero-order valence-corrected chi connectivity index (χ0v) is 22.2. The van der Waals surface area contributed by atoms with Crippen LogP contribution in [0.25, 0.3) is 23.1 Å². The van der Waals surface area contributed by atoms with E-state index in [1.54, 1.807) is 11.3 Å². The third-order valence-electron chi connectivity index (χ3n) is 6.71. The summed E-state index contributed by atoms with van der Waals surface area (Å²) in [6, 6.07) is 24.4. The van der Waals surface area contributed by atoms with E-state index in [0.717, 1.165) is 39.1 Å². The van der Waals surface area contributed by atoms with Crippen molar-refractivity contribution < 1.29 is 4.42 Å². The van der Waals surface area contributed by atoms with Gasteiger partial charge in [-0.3, -0.25) is 9.36 Å². The molecule has 36 heavy (non-hydrogen) atoms. The Morgan fingerprint density at radius 2 is 1.86 bits per heavy atom. The summed E-state index contributed by atoms with van der Waals surface area (Å²) in [4.78, 5) is 20.7. The van der Waals surface area contributed by atoms with Gasteiger partial charge in [-0.15, -0.1) is 11.3 Å². The summed E-state index contributed by atoms with van der Waals surface area (Å²) >= 11 is 6.59. The van der Waals surface area contributed by atoms with Crippen LogP contribution >= 0.6 is 38.6 Å². The van der Waals surface area contributed by atoms with Gasteiger partial charge in [0.1, 0.15) is 11.5 Å². The number of aryl methyl sites for hydroxylation is 1. The van der Waals surface area contributed by atoms with E-state index < -0.39 is 0 Å². The molecule has 176 valence electrons. The number of allylic oxidation sites excluding steroid dienone is 1. The van der Waals surface area contributed by atoms with E-state index in [9.17, 15) is 4.79 Å². The Morgan fingerprint density at radius 1 is 1.00 bits per heavy atom. The van der Waals surface area contributed by atoms with Gasteiger partial charge in [-0.2, -0.15) is 0 Å². The van der Waals surface area contributed by atoms with Gasteiger partial charge in [-0.05, 0) is 59.7 Å². The maximum absolute atomic E-state index is 13.8. The van der Waals surface area contributed by atoms with Crippen molar-refractivity contribution in [2.24, 2.45) is 4.99 Å². The van der Waals surface area contributed by atoms with Crippen molar-refractivity contribution in [1.82, 2.24) is 4.57 Å². The molecule has 7 heteroatoms. The third kappa shape index (κ3) is 3.61. The minimum Gasteiger partial charge on any atom is -0.457 e. The summed E-state index contributed by atoms with van der Waals surface area (Å²) in [5.74, 6) is 1.42. The van der Waals surface area contributed by atoms with Crippen molar-refractivity contribution in [3.63, 3.8) is 0 Å². The smallest absolute Gasteiger partial charge is 0.271 e. The molecule has 0 spiro atoms. The van der Waals surface area contributed by atoms with Gasteiger partial charge in [0.25, 0.3) is 5.56 Å². The molecular weight excluding hydrogens is 552 g/mol. The predicted octanol–water partition coefficient (Wildman–Crippen LogP) is 6.40. The van der Waals surface area contributed by atoms with Crippen molar-refractivity contribution in [3.8, 4) is 11.3 Å². The lowest BCUT2D eigenvalue weighted by atomic mass is 9.85. The number of halogens is 1. The first-order chi connectivity index (χ1) is 17.7. The highest BCUT2D eigenvalue weighted by Gasteiger charge is 2.33. The van der Waals surface area contributed by atoms with Gasteiger partial charge in [-0.1, -0.05) is 69.7 Å². The molecule has 7 rings (SSSR count). The highest BCUT2D eigenvalue weighted by molar-refractivity contribution is 9.10. The fourth-order valence-electron chi connectivity index (χ4n) is 5.05. The molecule has 2 aliphatic rings. The molecule has 0 saturated carbocycles. The molecule has 0 fully saturated rings. The molecule has 0 radical (unpaired) electrons. The van der Waals surface area contributed by atoms with Crippen molar-refractivity contribution >= 4 is 50.4 Å². The molecule has 1 aliphatic heterocycles. The Kier molecular flexibility index (Phi) is 5.31. The molecule has 0 unspecified atom stereocenters. The number of hydrogen-bond donors (Lipinski definition) is 0. The van der Waals surface area contributed by atoms with Crippen molar-refractivity contribution in [3.05, 3.63) is 130 Å². The molecule has 4 heterocycles. The fourth-order valence-corrected chi connectivity index (χ4v) is 7.14. The van der Waals surface area contributed by atoms with E-state index in [2.05, 4.69) is 57.7 Å². The standard InChI is InChI=1S/C29H19BrN2O2S2/c30-19-10-7-18(8-11-19)23-14-12-20(34-23)16-25-28(33)32-27(24-6-3-15-35-24)22-13-9-17-4-1-2-5-21(17)26(22)31-29(32)36-25/h1-8,10-12,14-16,27H,9,13H2/b25-16+/t27-/m0/s1. The summed E-state index contributed by atoms with van der Waals surface area (Å²) in [5, 5.41) is 2.08. The number of aromatic nitrogens is 1. The number of rotatable bonds is 3. The Bertz CT molecular complexity index is 1820. The summed E-state index contributed by atoms with van der Waals surface area (Å²) in [7, 11) is 0. The maximum atomic E-state index is 13.8. The Morgan fingerprint density at radius 3 is 2.69 bits per heavy atom. The lowest BCUT2D eigenvalue weighted by Gasteiger charge is -2.30. The third-order valence-corrected chi connectivity index (χ3v) is 9.15. The highest BCUT2D eigenvalue weighted by Crippen LogP contribution is 2.42. The van der Waals surface area contributed by atoms with Gasteiger partial charge in [0, 0.05) is 26.6 Å². The van der Waals surface area contributed by atoms with Crippen LogP contribution in [0.4, 0.5) is 0 Å². The van der Waals surface area contributed by atoms with Gasteiger partial charge >= 0.3 is 0 Å². The normalized spacial score (nSPS) is 16.9. The number of fused-ring (bicyclic) bond motifs is 3. The average molecular weight is 572 g/mol. The van der Waals surface area contributed by atoms with Crippen molar-refractivity contribution in [1.29, 1.82) is 0 Å². The summed E-state index contributed by atoms with van der Waals surface area (Å²) in [6.45, 7) is 0. The Balaban J connectivity index is 1.39. The van der Waals surface area contributed by atoms with Crippen LogP contribution in [0.1, 0.15) is 34.2 Å². The molecule has 1 aliphatic carbocycles. The number of furan rings is 1. The monoisotopic (exact) mass is 570 g/mol. The number of hydrogen-bond acceptors (Lipinski definition) is 5. The predicted molar refractivity (Wildman–Crippen MR) is 149 cm³/mol. The molecule has 2 aromatic carbocycles. The maximum Gasteiger partial charge on any atom is 0.271 e. The van der Waals surface area contributed by atoms with Gasteiger partial charge in [0.2, 0.25) is 0 Å². The minimum absolute atomic E-state index is 0.0239. The van der Waals surface area contributed by atoms with Crippen molar-refractivity contribution in [2.45, 2.75) is 18.9 Å². The van der Waals surface area contributed by atoms with Gasteiger partial charge in [-0.25, -0.2) is 4.99 Å². The zero-order valence-electron chi connectivity index (χ0n) is 19.0. The number of thiazole rings is 1. The molecule has 0 amide bonds. The second kappa shape index (κ2) is 8.69. The van der Waals surface area contributed by atoms with E-state index in [0.29, 0.717) is 10.3 Å². The highest BCUT2D eigenvalue weighted by atomic mass is 79.9. The van der Waals surface area contributed by atoms with Crippen LogP contribution in [-0.2, 0) is 6.42 Å². The molecule has 0 N–H and O–H groups in total. The first-order valence-electron chi connectivity index (χ1n) is 11.7. The molecule has 5 aromatic rings. The van der Waals surface area contributed by atoms with Gasteiger partial charge in [0.05, 0.1) is 16.3 Å². The lowest BCUT2D eigenvalue weighted by Crippen LogP contribution is -2.38. The quantitative estimate of drug-likeness (QED) is 0.252. The summed E-state index contributed by atoms with van der Waals surface area (Å²) in [5.41, 5.74) is 5.72. The molecule has 0 saturated heterocycles. The SMILES string of the molecule is O=c1/c(=C\c2ccc(-c3ccc(Br)cc3)o2)sc2n1[C@H](c1cccs1)C1=C(N=2)c2ccccc2CC1. The molecule has 3 aromatic heterocycles. The van der Waals surface area contributed by atoms with Crippen molar-refractivity contribution in [2.75, 3.05) is 0 Å². The molecule has 0 bridgehead atoms. The van der Waals surface area contributed by atoms with E-state index in [1.807, 2.05) is 47.0 Å². The van der Waals surface area contributed by atoms with E-state index >= 15 is 0 Å². The van der Waals surface area contributed by atoms with Crippen LogP contribution in [0.3, 0.4) is 0 Å². The van der Waals surface area contributed by atoms with Crippen LogP contribution in [0.5, 0.6) is 0 Å². The van der Waals surface area contributed by atoms with Crippen LogP contribution in [0, 0.1) is 0 Å². The van der Waals surface area contributed by atoms with Crippen LogP contribution in [-0.4, -0.2) is 4.57 Å². The molecule has 4 nitrogen and oxygen atoms in total. The second-order valence-corrected chi connectivity index (χ2v) is 11.7. The Hall–Kier alpha value is -3.26. The average Bonchev–Trinajstić information content (AvgIpc) is 3.65. The first kappa shape index (κ1) is 22.0. The second-order valence-electron chi connectivity index (χ2n) is 8.84. The lowest BCUT2D eigenvalue weighted by molar-refractivity contribution is 0.571. The topological polar surface area (TPSA) is 47.5 Å². The number of thiophene rings is 1. The van der Waals surface area contributed by atoms with Gasteiger partial charge in [0.15, 0.2) is 4.80 Å². The largest absolute Gasteiger partial charge is 0.457 e. The Labute approximate surface area is 223 Å². The van der Waals surface area contributed by atoms with Crippen LogP contribution in [0.2, 0.25) is 0 Å². The van der Waals surface area contributed by atoms with Gasteiger partial charge < -0.3 is 4.42 Å². The number of benzene rings is 2. The molecular formula is C29H19BrN2O2S2. The van der Waals surface area contributed by atoms with Crippen LogP contribution in [0.15, 0.2) is 102 Å². The first-order valence-corrected chi connectivity index (χ1v) is 14.2. The minimum atomic E-state index is -0.123. The fraction of sp³-hybridized carbons (Fsp3) is 0.103. The van der Waals surface area contributed by atoms with E-state index in [4.69, 9.17) is 9.41 Å². The summed E-state index contributed by atoms with van der Waals surface area (Å²) < 4.78 is 9.62. The van der Waals surface area contributed by atoms with E-state index in [-0.39, 0.29) is 11.6 Å². The summed E-state index contributed by atoms with van der Waals surface area (Å²) in [6.07, 6.45) is 3.70. The molecule has 1 atom stereocenters. The zero-order chi connectivity index (χ0) is 24.2. The van der Waals surface area contributed by atoms with Crippen LogP contribution < -0.4 is 14.9 Å².